The van der Waals surface area contributed by atoms with Gasteiger partial charge >= 0.3 is 11.7 Å². The van der Waals surface area contributed by atoms with Crippen LogP contribution in [0.15, 0.2) is 23.0 Å². The normalized spacial score (nSPS) is 14.8. The highest BCUT2D eigenvalue weighted by atomic mass is 16.4. The molecule has 1 aromatic heterocycles. The molecular formula is C14H15N3O4. The molecule has 0 saturated carbocycles. The Hall–Kier alpha value is -2.57. The van der Waals surface area contributed by atoms with Gasteiger partial charge in [0.25, 0.3) is 0 Å². The molecule has 0 radical (unpaired) electrons. The second-order valence-electron chi connectivity index (χ2n) is 5.11. The number of fused-ring (bicyclic) bond motifs is 1. The lowest BCUT2D eigenvalue weighted by atomic mass is 10.2. The molecular weight excluding hydrogens is 274 g/mol. The number of aromatic nitrogens is 2. The number of benzene rings is 1. The van der Waals surface area contributed by atoms with E-state index in [1.165, 1.54) is 10.6 Å². The minimum Gasteiger partial charge on any atom is -0.478 e. The summed E-state index contributed by atoms with van der Waals surface area (Å²) in [4.78, 5) is 39.8. The lowest BCUT2D eigenvalue weighted by Crippen LogP contribution is -2.34. The standard InChI is InChI=1S/C14H15N3O4/c18-11(16-6-1-2-7-16)8-17-12-9(13(19)20)4-3-5-10(12)15-14(17)21/h3-5H,1-2,6-8H2,(H,15,21)(H,19,20). The summed E-state index contributed by atoms with van der Waals surface area (Å²) in [6, 6.07) is 4.61. The van der Waals surface area contributed by atoms with E-state index in [9.17, 15) is 19.5 Å². The number of likely N-dealkylation sites (tertiary alicyclic amines) is 1. The predicted molar refractivity (Wildman–Crippen MR) is 75.3 cm³/mol. The van der Waals surface area contributed by atoms with E-state index in [-0.39, 0.29) is 23.5 Å². The van der Waals surface area contributed by atoms with Crippen molar-refractivity contribution in [2.45, 2.75) is 19.4 Å². The summed E-state index contributed by atoms with van der Waals surface area (Å²) in [6.45, 7) is 1.26. The Bertz CT molecular complexity index is 768. The molecule has 110 valence electrons. The summed E-state index contributed by atoms with van der Waals surface area (Å²) in [5.74, 6) is -1.28. The van der Waals surface area contributed by atoms with Crippen LogP contribution in [0.5, 0.6) is 0 Å². The van der Waals surface area contributed by atoms with Crippen molar-refractivity contribution in [3.63, 3.8) is 0 Å². The Balaban J connectivity index is 2.05. The van der Waals surface area contributed by atoms with Crippen molar-refractivity contribution >= 4 is 22.9 Å². The second-order valence-corrected chi connectivity index (χ2v) is 5.11. The highest BCUT2D eigenvalue weighted by Gasteiger charge is 2.22. The summed E-state index contributed by atoms with van der Waals surface area (Å²) in [5.41, 5.74) is 0.239. The number of amides is 1. The smallest absolute Gasteiger partial charge is 0.337 e. The molecule has 1 aliphatic heterocycles. The molecule has 3 rings (SSSR count). The van der Waals surface area contributed by atoms with Crippen LogP contribution >= 0.6 is 0 Å². The zero-order valence-corrected chi connectivity index (χ0v) is 11.3. The molecule has 21 heavy (non-hydrogen) atoms. The monoisotopic (exact) mass is 289 g/mol. The zero-order chi connectivity index (χ0) is 15.0. The van der Waals surface area contributed by atoms with E-state index >= 15 is 0 Å². The topological polar surface area (TPSA) is 95.4 Å². The summed E-state index contributed by atoms with van der Waals surface area (Å²) in [7, 11) is 0. The molecule has 2 aromatic rings. The minimum absolute atomic E-state index is 0.0140. The highest BCUT2D eigenvalue weighted by molar-refractivity contribution is 6.01. The van der Waals surface area contributed by atoms with Crippen molar-refractivity contribution in [1.82, 2.24) is 14.5 Å². The molecule has 1 amide bonds. The van der Waals surface area contributed by atoms with Gasteiger partial charge in [0.2, 0.25) is 5.91 Å². The van der Waals surface area contributed by atoms with E-state index in [1.807, 2.05) is 0 Å². The van der Waals surface area contributed by atoms with Crippen LogP contribution in [0.3, 0.4) is 0 Å². The number of carbonyl (C=O) groups excluding carboxylic acids is 1. The second kappa shape index (κ2) is 5.08. The summed E-state index contributed by atoms with van der Waals surface area (Å²) >= 11 is 0. The molecule has 0 unspecified atom stereocenters. The number of imidazole rings is 1. The first-order valence-electron chi connectivity index (χ1n) is 6.80. The molecule has 1 aliphatic rings. The van der Waals surface area contributed by atoms with Crippen LogP contribution < -0.4 is 5.69 Å². The Labute approximate surface area is 119 Å². The Kier molecular flexibility index (Phi) is 3.25. The van der Waals surface area contributed by atoms with Crippen LogP contribution in [0.1, 0.15) is 23.2 Å². The maximum atomic E-state index is 12.2. The van der Waals surface area contributed by atoms with Crippen molar-refractivity contribution in [2.75, 3.05) is 13.1 Å². The average molecular weight is 289 g/mol. The molecule has 7 nitrogen and oxygen atoms in total. The number of para-hydroxylation sites is 1. The van der Waals surface area contributed by atoms with Crippen molar-refractivity contribution < 1.29 is 14.7 Å². The Morgan fingerprint density at radius 2 is 1.95 bits per heavy atom. The number of hydrogen-bond donors (Lipinski definition) is 2. The Morgan fingerprint density at radius 1 is 1.24 bits per heavy atom. The molecule has 0 atom stereocenters. The van der Waals surface area contributed by atoms with Gasteiger partial charge in [-0.25, -0.2) is 9.59 Å². The minimum atomic E-state index is -1.12. The highest BCUT2D eigenvalue weighted by Crippen LogP contribution is 2.17. The maximum Gasteiger partial charge on any atom is 0.337 e. The molecule has 7 heteroatoms. The number of carboxylic acid groups (broad SMARTS) is 1. The fraction of sp³-hybridized carbons (Fsp3) is 0.357. The van der Waals surface area contributed by atoms with Crippen molar-refractivity contribution in [1.29, 1.82) is 0 Å². The van der Waals surface area contributed by atoms with Gasteiger partial charge in [-0.3, -0.25) is 9.36 Å². The number of carbonyl (C=O) groups is 2. The van der Waals surface area contributed by atoms with E-state index < -0.39 is 11.7 Å². The number of carboxylic acids is 1. The molecule has 1 aromatic carbocycles. The summed E-state index contributed by atoms with van der Waals surface area (Å²) in [6.07, 6.45) is 1.93. The average Bonchev–Trinajstić information content (AvgIpc) is 3.07. The lowest BCUT2D eigenvalue weighted by molar-refractivity contribution is -0.130. The zero-order valence-electron chi connectivity index (χ0n) is 11.3. The number of hydrogen-bond acceptors (Lipinski definition) is 3. The third-order valence-corrected chi connectivity index (χ3v) is 3.78. The number of aromatic amines is 1. The molecule has 1 saturated heterocycles. The number of aromatic carboxylic acids is 1. The largest absolute Gasteiger partial charge is 0.478 e. The van der Waals surface area contributed by atoms with Crippen molar-refractivity contribution in [3.05, 3.63) is 34.2 Å². The van der Waals surface area contributed by atoms with Gasteiger partial charge < -0.3 is 15.0 Å². The Morgan fingerprint density at radius 3 is 2.62 bits per heavy atom. The quantitative estimate of drug-likeness (QED) is 0.867. The van der Waals surface area contributed by atoms with Crippen molar-refractivity contribution in [3.8, 4) is 0 Å². The summed E-state index contributed by atoms with van der Waals surface area (Å²) in [5, 5.41) is 9.24. The van der Waals surface area contributed by atoms with Crippen LogP contribution in [-0.4, -0.2) is 44.5 Å². The third kappa shape index (κ3) is 2.31. The number of nitrogens with one attached hydrogen (secondary N) is 1. The van der Waals surface area contributed by atoms with Gasteiger partial charge in [-0.05, 0) is 25.0 Å². The molecule has 2 heterocycles. The van der Waals surface area contributed by atoms with Crippen LogP contribution in [0.4, 0.5) is 0 Å². The lowest BCUT2D eigenvalue weighted by Gasteiger charge is -2.15. The van der Waals surface area contributed by atoms with Crippen molar-refractivity contribution in [2.24, 2.45) is 0 Å². The van der Waals surface area contributed by atoms with E-state index in [4.69, 9.17) is 0 Å². The first-order valence-corrected chi connectivity index (χ1v) is 6.80. The predicted octanol–water partition coefficient (Wildman–Crippen LogP) is 0.650. The first kappa shape index (κ1) is 13.4. The van der Waals surface area contributed by atoms with E-state index in [2.05, 4.69) is 4.98 Å². The van der Waals surface area contributed by atoms with Crippen LogP contribution in [-0.2, 0) is 11.3 Å². The summed E-state index contributed by atoms with van der Waals surface area (Å²) < 4.78 is 1.21. The fourth-order valence-electron chi connectivity index (χ4n) is 2.74. The van der Waals surface area contributed by atoms with E-state index in [0.29, 0.717) is 18.6 Å². The van der Waals surface area contributed by atoms with Gasteiger partial charge in [-0.2, -0.15) is 0 Å². The third-order valence-electron chi connectivity index (χ3n) is 3.78. The molecule has 0 spiro atoms. The van der Waals surface area contributed by atoms with Crippen LogP contribution in [0.2, 0.25) is 0 Å². The van der Waals surface area contributed by atoms with Gasteiger partial charge in [0.05, 0.1) is 16.6 Å². The first-order chi connectivity index (χ1) is 10.1. The number of rotatable bonds is 3. The molecule has 0 aliphatic carbocycles. The molecule has 2 N–H and O–H groups in total. The van der Waals surface area contributed by atoms with Gasteiger partial charge in [0, 0.05) is 13.1 Å². The fourth-order valence-corrected chi connectivity index (χ4v) is 2.74. The SMILES string of the molecule is O=C(O)c1cccc2[nH]c(=O)n(CC(=O)N3CCCC3)c12. The van der Waals surface area contributed by atoms with Gasteiger partial charge in [-0.1, -0.05) is 6.07 Å². The van der Waals surface area contributed by atoms with E-state index in [1.54, 1.807) is 17.0 Å². The van der Waals surface area contributed by atoms with Gasteiger partial charge in [0.1, 0.15) is 6.54 Å². The van der Waals surface area contributed by atoms with Gasteiger partial charge in [-0.15, -0.1) is 0 Å². The van der Waals surface area contributed by atoms with E-state index in [0.717, 1.165) is 12.8 Å². The molecule has 0 bridgehead atoms. The van der Waals surface area contributed by atoms with Crippen LogP contribution in [0, 0.1) is 0 Å². The van der Waals surface area contributed by atoms with Gasteiger partial charge in [0.15, 0.2) is 0 Å². The number of nitrogens with zero attached hydrogens (tertiary/aromatic N) is 2. The molecule has 1 fully saturated rings. The number of H-pyrrole nitrogens is 1. The van der Waals surface area contributed by atoms with Crippen LogP contribution in [0.25, 0.3) is 11.0 Å². The maximum absolute atomic E-state index is 12.2.